The van der Waals surface area contributed by atoms with E-state index in [0.717, 1.165) is 12.1 Å². The third kappa shape index (κ3) is 2.40. The van der Waals surface area contributed by atoms with Crippen molar-refractivity contribution in [2.24, 2.45) is 0 Å². The van der Waals surface area contributed by atoms with E-state index in [1.165, 1.54) is 5.56 Å². The van der Waals surface area contributed by atoms with Gasteiger partial charge in [0.15, 0.2) is 5.43 Å². The minimum Gasteiger partial charge on any atom is -0.354 e. The van der Waals surface area contributed by atoms with E-state index in [0.29, 0.717) is 6.42 Å². The molecule has 0 fully saturated rings. The van der Waals surface area contributed by atoms with E-state index in [-0.39, 0.29) is 5.43 Å². The third-order valence-corrected chi connectivity index (χ3v) is 2.66. The van der Waals surface area contributed by atoms with Crippen molar-refractivity contribution in [1.82, 2.24) is 4.57 Å². The molecule has 1 aromatic heterocycles. The minimum absolute atomic E-state index is 0.119. The monoisotopic (exact) mass is 213 g/mol. The summed E-state index contributed by atoms with van der Waals surface area (Å²) in [4.78, 5) is 11.7. The summed E-state index contributed by atoms with van der Waals surface area (Å²) in [6, 6.07) is 11.7. The van der Waals surface area contributed by atoms with Crippen LogP contribution >= 0.6 is 0 Å². The topological polar surface area (TPSA) is 22.0 Å². The molecule has 0 N–H and O–H groups in total. The molecule has 0 aliphatic heterocycles. The Balaban J connectivity index is 2.31. The van der Waals surface area contributed by atoms with Crippen molar-refractivity contribution in [3.05, 3.63) is 70.1 Å². The van der Waals surface area contributed by atoms with Gasteiger partial charge < -0.3 is 4.57 Å². The summed E-state index contributed by atoms with van der Waals surface area (Å²) in [5, 5.41) is 0. The van der Waals surface area contributed by atoms with E-state index >= 15 is 0 Å². The molecule has 0 amide bonds. The van der Waals surface area contributed by atoms with Gasteiger partial charge >= 0.3 is 0 Å². The van der Waals surface area contributed by atoms with Crippen LogP contribution in [0.2, 0.25) is 0 Å². The Labute approximate surface area is 95.2 Å². The lowest BCUT2D eigenvalue weighted by Gasteiger charge is -2.05. The number of aromatic nitrogens is 1. The number of hydrogen-bond donors (Lipinski definition) is 0. The molecule has 1 aromatic carbocycles. The summed E-state index contributed by atoms with van der Waals surface area (Å²) in [5.41, 5.74) is 2.15. The van der Waals surface area contributed by atoms with Gasteiger partial charge in [-0.05, 0) is 12.5 Å². The van der Waals surface area contributed by atoms with Crippen LogP contribution in [0.25, 0.3) is 0 Å². The molecule has 82 valence electrons. The van der Waals surface area contributed by atoms with Crippen LogP contribution in [-0.4, -0.2) is 4.57 Å². The first-order chi connectivity index (χ1) is 7.79. The fourth-order valence-corrected chi connectivity index (χ4v) is 1.72. The van der Waals surface area contributed by atoms with E-state index < -0.39 is 0 Å². The van der Waals surface area contributed by atoms with Crippen LogP contribution in [0.15, 0.2) is 53.6 Å². The van der Waals surface area contributed by atoms with Crippen LogP contribution in [0.1, 0.15) is 18.1 Å². The molecule has 0 unspecified atom stereocenters. The van der Waals surface area contributed by atoms with Crippen LogP contribution in [0, 0.1) is 0 Å². The minimum atomic E-state index is 0.119. The van der Waals surface area contributed by atoms with Crippen molar-refractivity contribution in [1.29, 1.82) is 0 Å². The molecular weight excluding hydrogens is 198 g/mol. The summed E-state index contributed by atoms with van der Waals surface area (Å²) >= 11 is 0. The lowest BCUT2D eigenvalue weighted by molar-refractivity contribution is 0.745. The first-order valence-corrected chi connectivity index (χ1v) is 5.52. The second kappa shape index (κ2) is 4.79. The van der Waals surface area contributed by atoms with Crippen molar-refractivity contribution in [3.8, 4) is 0 Å². The lowest BCUT2D eigenvalue weighted by atomic mass is 10.1. The Bertz CT molecular complexity index is 514. The zero-order valence-corrected chi connectivity index (χ0v) is 9.39. The van der Waals surface area contributed by atoms with Crippen molar-refractivity contribution < 1.29 is 0 Å². The Hall–Kier alpha value is -1.83. The molecule has 0 radical (unpaired) electrons. The predicted octanol–water partition coefficient (Wildman–Crippen LogP) is 2.46. The van der Waals surface area contributed by atoms with E-state index in [9.17, 15) is 4.79 Å². The van der Waals surface area contributed by atoms with Crippen molar-refractivity contribution in [2.45, 2.75) is 19.9 Å². The van der Waals surface area contributed by atoms with Crippen LogP contribution in [-0.2, 0) is 13.0 Å². The van der Waals surface area contributed by atoms with Crippen LogP contribution in [0.4, 0.5) is 0 Å². The summed E-state index contributed by atoms with van der Waals surface area (Å²) in [6.07, 6.45) is 4.48. The number of benzene rings is 1. The molecule has 0 spiro atoms. The first-order valence-electron chi connectivity index (χ1n) is 5.52. The highest BCUT2D eigenvalue weighted by Gasteiger charge is 2.01. The summed E-state index contributed by atoms with van der Waals surface area (Å²) in [6.45, 7) is 2.96. The lowest BCUT2D eigenvalue weighted by Crippen LogP contribution is -2.11. The molecule has 16 heavy (non-hydrogen) atoms. The molecule has 2 rings (SSSR count). The van der Waals surface area contributed by atoms with Gasteiger partial charge in [-0.3, -0.25) is 4.79 Å². The Morgan fingerprint density at radius 1 is 1.12 bits per heavy atom. The second-order valence-electron chi connectivity index (χ2n) is 3.83. The van der Waals surface area contributed by atoms with Crippen molar-refractivity contribution in [2.75, 3.05) is 0 Å². The third-order valence-electron chi connectivity index (χ3n) is 2.66. The van der Waals surface area contributed by atoms with Crippen LogP contribution in [0.5, 0.6) is 0 Å². The van der Waals surface area contributed by atoms with Crippen molar-refractivity contribution >= 4 is 0 Å². The maximum Gasteiger partial charge on any atom is 0.185 e. The number of pyridine rings is 1. The fourth-order valence-electron chi connectivity index (χ4n) is 1.72. The molecule has 0 atom stereocenters. The zero-order valence-electron chi connectivity index (χ0n) is 9.39. The van der Waals surface area contributed by atoms with Gasteiger partial charge in [0.25, 0.3) is 0 Å². The van der Waals surface area contributed by atoms with E-state index in [1.807, 2.05) is 47.3 Å². The summed E-state index contributed by atoms with van der Waals surface area (Å²) in [5.74, 6) is 0. The molecule has 0 saturated carbocycles. The second-order valence-corrected chi connectivity index (χ2v) is 3.83. The van der Waals surface area contributed by atoms with Gasteiger partial charge in [-0.25, -0.2) is 0 Å². The van der Waals surface area contributed by atoms with Crippen LogP contribution < -0.4 is 5.43 Å². The molecule has 0 aliphatic rings. The quantitative estimate of drug-likeness (QED) is 0.767. The Morgan fingerprint density at radius 2 is 1.88 bits per heavy atom. The molecule has 0 aliphatic carbocycles. The zero-order chi connectivity index (χ0) is 11.4. The number of hydrogen-bond acceptors (Lipinski definition) is 1. The number of rotatable bonds is 3. The fraction of sp³-hybridized carbons (Fsp3) is 0.214. The van der Waals surface area contributed by atoms with Gasteiger partial charge in [0.1, 0.15) is 0 Å². The van der Waals surface area contributed by atoms with E-state index in [4.69, 9.17) is 0 Å². The average molecular weight is 213 g/mol. The highest BCUT2D eigenvalue weighted by atomic mass is 16.1. The number of nitrogens with zero attached hydrogens (tertiary/aromatic N) is 1. The van der Waals surface area contributed by atoms with Gasteiger partial charge in [0.05, 0.1) is 0 Å². The van der Waals surface area contributed by atoms with Gasteiger partial charge in [0, 0.05) is 37.0 Å². The van der Waals surface area contributed by atoms with E-state index in [2.05, 4.69) is 6.92 Å². The summed E-state index contributed by atoms with van der Waals surface area (Å²) < 4.78 is 2.03. The predicted molar refractivity (Wildman–Crippen MR) is 65.6 cm³/mol. The molecule has 2 nitrogen and oxygen atoms in total. The van der Waals surface area contributed by atoms with Gasteiger partial charge in [-0.2, -0.15) is 0 Å². The smallest absolute Gasteiger partial charge is 0.185 e. The standard InChI is InChI=1S/C14H15NO/c1-2-15-9-8-14(16)13(11-15)10-12-6-4-3-5-7-12/h3-9,11H,2,10H2,1H3. The molecule has 2 aromatic rings. The highest BCUT2D eigenvalue weighted by molar-refractivity contribution is 5.24. The van der Waals surface area contributed by atoms with Gasteiger partial charge in [-0.1, -0.05) is 30.3 Å². The van der Waals surface area contributed by atoms with E-state index in [1.54, 1.807) is 6.07 Å². The maximum atomic E-state index is 11.7. The summed E-state index contributed by atoms with van der Waals surface area (Å²) in [7, 11) is 0. The Morgan fingerprint density at radius 3 is 2.56 bits per heavy atom. The first kappa shape index (κ1) is 10.7. The molecular formula is C14H15NO. The van der Waals surface area contributed by atoms with Crippen molar-refractivity contribution in [3.63, 3.8) is 0 Å². The van der Waals surface area contributed by atoms with Gasteiger partial charge in [0.2, 0.25) is 0 Å². The number of aryl methyl sites for hydroxylation is 1. The maximum absolute atomic E-state index is 11.7. The SMILES string of the molecule is CCn1ccc(=O)c(Cc2ccccc2)c1. The van der Waals surface area contributed by atoms with Gasteiger partial charge in [-0.15, -0.1) is 0 Å². The molecule has 0 bridgehead atoms. The largest absolute Gasteiger partial charge is 0.354 e. The Kier molecular flexibility index (Phi) is 3.20. The molecule has 0 saturated heterocycles. The highest BCUT2D eigenvalue weighted by Crippen LogP contribution is 2.05. The normalized spacial score (nSPS) is 10.3. The molecule has 2 heteroatoms. The average Bonchev–Trinajstić information content (AvgIpc) is 2.33. The van der Waals surface area contributed by atoms with Crippen LogP contribution in [0.3, 0.4) is 0 Å². The molecule has 1 heterocycles.